The number of likely N-dealkylation sites (tertiary alicyclic amines) is 1. The molecule has 2 aromatic rings. The summed E-state index contributed by atoms with van der Waals surface area (Å²) in [7, 11) is 0. The maximum absolute atomic E-state index is 12.3. The van der Waals surface area contributed by atoms with Crippen LogP contribution in [0.4, 0.5) is 5.69 Å². The first kappa shape index (κ1) is 19.5. The van der Waals surface area contributed by atoms with E-state index in [0.717, 1.165) is 32.5 Å². The van der Waals surface area contributed by atoms with Crippen LogP contribution in [0.25, 0.3) is 0 Å². The Hall–Kier alpha value is -3.30. The number of benzene rings is 2. The normalized spacial score (nSPS) is 15.6. The van der Waals surface area contributed by atoms with Gasteiger partial charge in [-0.3, -0.25) is 9.69 Å². The van der Waals surface area contributed by atoms with Gasteiger partial charge in [0.05, 0.1) is 0 Å². The highest BCUT2D eigenvalue weighted by Crippen LogP contribution is 2.17. The zero-order valence-corrected chi connectivity index (χ0v) is 15.6. The van der Waals surface area contributed by atoms with Crippen LogP contribution in [0.15, 0.2) is 66.4 Å². The van der Waals surface area contributed by atoms with Gasteiger partial charge in [-0.25, -0.2) is 0 Å². The first-order chi connectivity index (χ1) is 13.6. The number of piperidine rings is 1. The van der Waals surface area contributed by atoms with Gasteiger partial charge in [-0.15, -0.1) is 0 Å². The first-order valence-corrected chi connectivity index (χ1v) is 9.37. The molecule has 0 unspecified atom stereocenters. The number of hydrogen-bond donors (Lipinski definition) is 3. The van der Waals surface area contributed by atoms with Crippen molar-refractivity contribution < 1.29 is 9.90 Å². The van der Waals surface area contributed by atoms with Crippen molar-refractivity contribution in [1.29, 1.82) is 5.26 Å². The summed E-state index contributed by atoms with van der Waals surface area (Å²) >= 11 is 0. The molecule has 28 heavy (non-hydrogen) atoms. The third-order valence-corrected chi connectivity index (χ3v) is 4.77. The molecule has 1 fully saturated rings. The van der Waals surface area contributed by atoms with Crippen LogP contribution in [0.5, 0.6) is 5.75 Å². The highest BCUT2D eigenvalue weighted by atomic mass is 16.3. The fourth-order valence-electron chi connectivity index (χ4n) is 3.23. The third kappa shape index (κ3) is 5.60. The maximum Gasteiger partial charge on any atom is 0.267 e. The monoisotopic (exact) mass is 376 g/mol. The highest BCUT2D eigenvalue weighted by Gasteiger charge is 2.19. The van der Waals surface area contributed by atoms with E-state index in [1.54, 1.807) is 12.1 Å². The predicted octanol–water partition coefficient (Wildman–Crippen LogP) is 2.99. The van der Waals surface area contributed by atoms with E-state index in [1.807, 2.05) is 12.1 Å². The van der Waals surface area contributed by atoms with E-state index in [2.05, 4.69) is 39.8 Å². The van der Waals surface area contributed by atoms with Crippen molar-refractivity contribution >= 4 is 11.6 Å². The van der Waals surface area contributed by atoms with Crippen LogP contribution < -0.4 is 10.6 Å². The second-order valence-electron chi connectivity index (χ2n) is 6.88. The van der Waals surface area contributed by atoms with Crippen LogP contribution in [-0.2, 0) is 11.3 Å². The van der Waals surface area contributed by atoms with Gasteiger partial charge >= 0.3 is 0 Å². The van der Waals surface area contributed by atoms with Crippen LogP contribution in [0.3, 0.4) is 0 Å². The van der Waals surface area contributed by atoms with Crippen LogP contribution in [0.2, 0.25) is 0 Å². The molecule has 0 spiro atoms. The topological polar surface area (TPSA) is 88.4 Å². The van der Waals surface area contributed by atoms with Crippen molar-refractivity contribution in [3.8, 4) is 11.8 Å². The summed E-state index contributed by atoms with van der Waals surface area (Å²) in [6, 6.07) is 18.8. The number of carbonyl (C=O) groups excluding carboxylic acids is 1. The Bertz CT molecular complexity index is 866. The molecule has 6 nitrogen and oxygen atoms in total. The molecule has 1 aliphatic heterocycles. The van der Waals surface area contributed by atoms with E-state index in [-0.39, 0.29) is 17.4 Å². The molecule has 0 aliphatic carbocycles. The quantitative estimate of drug-likeness (QED) is 0.533. The Labute approximate surface area is 165 Å². The summed E-state index contributed by atoms with van der Waals surface area (Å²) in [4.78, 5) is 14.7. The van der Waals surface area contributed by atoms with Gasteiger partial charge in [-0.2, -0.15) is 5.26 Å². The summed E-state index contributed by atoms with van der Waals surface area (Å²) in [5, 5.41) is 24.6. The number of amides is 1. The number of aromatic hydroxyl groups is 1. The molecule has 3 N–H and O–H groups in total. The molecular formula is C22H24N4O2. The number of carbonyl (C=O) groups is 1. The fraction of sp³-hybridized carbons (Fsp3) is 0.273. The number of nitrogens with zero attached hydrogens (tertiary/aromatic N) is 2. The number of anilines is 1. The molecule has 0 saturated carbocycles. The Morgan fingerprint density at radius 3 is 2.61 bits per heavy atom. The van der Waals surface area contributed by atoms with E-state index in [4.69, 9.17) is 0 Å². The molecule has 1 saturated heterocycles. The SMILES string of the molecule is N#C/C(=C/NC1CCN(Cc2ccccc2)CC1)C(=O)Nc1cccc(O)c1. The zero-order valence-electron chi connectivity index (χ0n) is 15.6. The van der Waals surface area contributed by atoms with Crippen molar-refractivity contribution in [2.24, 2.45) is 0 Å². The summed E-state index contributed by atoms with van der Waals surface area (Å²) in [6.45, 7) is 2.88. The van der Waals surface area contributed by atoms with Crippen molar-refractivity contribution in [2.75, 3.05) is 18.4 Å². The van der Waals surface area contributed by atoms with Gasteiger partial charge in [-0.1, -0.05) is 36.4 Å². The molecule has 6 heteroatoms. The Balaban J connectivity index is 1.48. The van der Waals surface area contributed by atoms with Crippen LogP contribution in [0, 0.1) is 11.3 Å². The van der Waals surface area contributed by atoms with Crippen molar-refractivity contribution in [3.63, 3.8) is 0 Å². The minimum absolute atomic E-state index is 0.00931. The number of hydrogen-bond acceptors (Lipinski definition) is 5. The lowest BCUT2D eigenvalue weighted by Crippen LogP contribution is -2.40. The first-order valence-electron chi connectivity index (χ1n) is 9.37. The Morgan fingerprint density at radius 2 is 1.93 bits per heavy atom. The van der Waals surface area contributed by atoms with Gasteiger partial charge in [0.1, 0.15) is 17.4 Å². The average Bonchev–Trinajstić information content (AvgIpc) is 2.70. The molecule has 0 aromatic heterocycles. The van der Waals surface area contributed by atoms with Gasteiger partial charge in [0, 0.05) is 43.6 Å². The largest absolute Gasteiger partial charge is 0.508 e. The molecule has 1 amide bonds. The molecule has 3 rings (SSSR count). The number of nitrogens with one attached hydrogen (secondary N) is 2. The van der Waals surface area contributed by atoms with Crippen LogP contribution in [-0.4, -0.2) is 35.0 Å². The second kappa shape index (κ2) is 9.58. The van der Waals surface area contributed by atoms with Crippen LogP contribution >= 0.6 is 0 Å². The standard InChI is InChI=1S/C22H24N4O2/c23-14-18(22(28)25-20-7-4-8-21(27)13-20)15-24-19-9-11-26(12-10-19)16-17-5-2-1-3-6-17/h1-8,13,15,19,24,27H,9-12,16H2,(H,25,28)/b18-15-. The lowest BCUT2D eigenvalue weighted by molar-refractivity contribution is -0.112. The minimum Gasteiger partial charge on any atom is -0.508 e. The fourth-order valence-corrected chi connectivity index (χ4v) is 3.23. The van der Waals surface area contributed by atoms with Crippen molar-refractivity contribution in [3.05, 3.63) is 71.9 Å². The number of rotatable bonds is 6. The maximum atomic E-state index is 12.3. The summed E-state index contributed by atoms with van der Waals surface area (Å²) < 4.78 is 0. The van der Waals surface area contributed by atoms with E-state index in [0.29, 0.717) is 5.69 Å². The zero-order chi connectivity index (χ0) is 19.8. The van der Waals surface area contributed by atoms with Crippen molar-refractivity contribution in [1.82, 2.24) is 10.2 Å². The molecule has 0 radical (unpaired) electrons. The van der Waals surface area contributed by atoms with E-state index in [9.17, 15) is 15.2 Å². The van der Waals surface area contributed by atoms with E-state index < -0.39 is 5.91 Å². The number of nitriles is 1. The van der Waals surface area contributed by atoms with Gasteiger partial charge in [0.25, 0.3) is 5.91 Å². The van der Waals surface area contributed by atoms with Gasteiger partial charge in [0.2, 0.25) is 0 Å². The molecule has 144 valence electrons. The summed E-state index contributed by atoms with van der Waals surface area (Å²) in [5.74, 6) is -0.442. The molecule has 0 bridgehead atoms. The molecular weight excluding hydrogens is 352 g/mol. The Kier molecular flexibility index (Phi) is 6.66. The van der Waals surface area contributed by atoms with Crippen LogP contribution in [0.1, 0.15) is 18.4 Å². The van der Waals surface area contributed by atoms with E-state index >= 15 is 0 Å². The average molecular weight is 376 g/mol. The lowest BCUT2D eigenvalue weighted by atomic mass is 10.0. The Morgan fingerprint density at radius 1 is 1.18 bits per heavy atom. The smallest absolute Gasteiger partial charge is 0.267 e. The second-order valence-corrected chi connectivity index (χ2v) is 6.88. The minimum atomic E-state index is -0.498. The molecule has 1 aliphatic rings. The number of phenols is 1. The van der Waals surface area contributed by atoms with Gasteiger partial charge in [-0.05, 0) is 30.5 Å². The predicted molar refractivity (Wildman–Crippen MR) is 108 cm³/mol. The molecule has 1 heterocycles. The summed E-state index contributed by atoms with van der Waals surface area (Å²) in [5.41, 5.74) is 1.76. The van der Waals surface area contributed by atoms with Gasteiger partial charge < -0.3 is 15.7 Å². The summed E-state index contributed by atoms with van der Waals surface area (Å²) in [6.07, 6.45) is 3.40. The third-order valence-electron chi connectivity index (χ3n) is 4.77. The van der Waals surface area contributed by atoms with Crippen molar-refractivity contribution in [2.45, 2.75) is 25.4 Å². The van der Waals surface area contributed by atoms with Gasteiger partial charge in [0.15, 0.2) is 0 Å². The number of phenolic OH excluding ortho intramolecular Hbond substituents is 1. The molecule has 2 aromatic carbocycles. The molecule has 0 atom stereocenters. The lowest BCUT2D eigenvalue weighted by Gasteiger charge is -2.32. The highest BCUT2D eigenvalue weighted by molar-refractivity contribution is 6.06. The van der Waals surface area contributed by atoms with E-state index in [1.165, 1.54) is 23.9 Å².